The number of nitrogens with one attached hydrogen (secondary N) is 1. The number of carbonyl (C=O) groups is 2. The number of aromatic nitrogens is 2. The van der Waals surface area contributed by atoms with Gasteiger partial charge in [0.15, 0.2) is 5.16 Å². The molecule has 2 aromatic rings. The molecule has 2 rings (SSSR count). The van der Waals surface area contributed by atoms with Crippen molar-refractivity contribution in [2.75, 3.05) is 12.4 Å². The number of carbonyl (C=O) groups excluding carboxylic acids is 1. The van der Waals surface area contributed by atoms with Crippen LogP contribution in [0.15, 0.2) is 29.4 Å². The van der Waals surface area contributed by atoms with Crippen LogP contribution < -0.4 is 0 Å². The second-order valence-corrected chi connectivity index (χ2v) is 6.90. The van der Waals surface area contributed by atoms with Gasteiger partial charge >= 0.3 is 11.9 Å². The van der Waals surface area contributed by atoms with E-state index in [0.29, 0.717) is 11.8 Å². The first kappa shape index (κ1) is 22.6. The Hall–Kier alpha value is -1.40. The van der Waals surface area contributed by atoms with Crippen molar-refractivity contribution in [2.24, 2.45) is 5.92 Å². The SMILES string of the molecule is CCCCCCOC(=O)CC(CSc1nc2ccccc2[nH]1)C(=O)O.[Zn]. The number of benzene rings is 1. The summed E-state index contributed by atoms with van der Waals surface area (Å²) in [6.07, 6.45) is 3.97. The van der Waals surface area contributed by atoms with Gasteiger partial charge in [-0.05, 0) is 18.6 Å². The Kier molecular flexibility index (Phi) is 10.5. The zero-order valence-electron chi connectivity index (χ0n) is 15.1. The van der Waals surface area contributed by atoms with E-state index in [2.05, 4.69) is 16.9 Å². The van der Waals surface area contributed by atoms with Crippen LogP contribution in [0.1, 0.15) is 39.0 Å². The molecule has 1 aromatic carbocycles. The molecule has 1 unspecified atom stereocenters. The number of unbranched alkanes of at least 4 members (excludes halogenated alkanes) is 3. The Balaban J connectivity index is 0.00000338. The summed E-state index contributed by atoms with van der Waals surface area (Å²) in [4.78, 5) is 30.8. The Labute approximate surface area is 170 Å². The van der Waals surface area contributed by atoms with E-state index in [1.807, 2.05) is 24.3 Å². The van der Waals surface area contributed by atoms with Crippen molar-refractivity contribution in [3.05, 3.63) is 24.3 Å². The molecule has 0 fully saturated rings. The molecule has 1 atom stereocenters. The molecule has 0 aliphatic carbocycles. The summed E-state index contributed by atoms with van der Waals surface area (Å²) in [5.41, 5.74) is 1.74. The summed E-state index contributed by atoms with van der Waals surface area (Å²) >= 11 is 1.30. The van der Waals surface area contributed by atoms with Gasteiger partial charge < -0.3 is 14.8 Å². The van der Waals surface area contributed by atoms with Crippen LogP contribution in [0, 0.1) is 5.92 Å². The Bertz CT molecular complexity index is 674. The van der Waals surface area contributed by atoms with Crippen molar-refractivity contribution in [1.82, 2.24) is 9.97 Å². The van der Waals surface area contributed by atoms with Crippen molar-refractivity contribution in [3.8, 4) is 0 Å². The predicted octanol–water partition coefficient (Wildman–Crippen LogP) is 3.87. The average Bonchev–Trinajstić information content (AvgIpc) is 3.01. The summed E-state index contributed by atoms with van der Waals surface area (Å²) in [7, 11) is 0. The van der Waals surface area contributed by atoms with Crippen molar-refractivity contribution >= 4 is 34.7 Å². The second-order valence-electron chi connectivity index (χ2n) is 5.89. The summed E-state index contributed by atoms with van der Waals surface area (Å²) in [6, 6.07) is 7.61. The zero-order valence-corrected chi connectivity index (χ0v) is 18.9. The fourth-order valence-electron chi connectivity index (χ4n) is 2.37. The fourth-order valence-corrected chi connectivity index (χ4v) is 3.33. The molecule has 0 saturated heterocycles. The maximum Gasteiger partial charge on any atom is 0.307 e. The van der Waals surface area contributed by atoms with E-state index < -0.39 is 17.9 Å². The van der Waals surface area contributed by atoms with E-state index in [-0.39, 0.29) is 31.7 Å². The molecule has 6 nitrogen and oxygen atoms in total. The first-order valence-electron chi connectivity index (χ1n) is 8.56. The van der Waals surface area contributed by atoms with Crippen LogP contribution in [-0.4, -0.2) is 39.4 Å². The van der Waals surface area contributed by atoms with E-state index in [4.69, 9.17) is 4.74 Å². The number of hydrogen-bond donors (Lipinski definition) is 2. The van der Waals surface area contributed by atoms with Gasteiger partial charge in [-0.1, -0.05) is 50.1 Å². The first-order valence-corrected chi connectivity index (χ1v) is 9.54. The Morgan fingerprint density at radius 2 is 2.04 bits per heavy atom. The fraction of sp³-hybridized carbons (Fsp3) is 0.500. The number of nitrogens with zero attached hydrogens (tertiary/aromatic N) is 1. The number of rotatable bonds is 11. The van der Waals surface area contributed by atoms with E-state index in [1.54, 1.807) is 0 Å². The van der Waals surface area contributed by atoms with E-state index in [1.165, 1.54) is 11.8 Å². The number of ether oxygens (including phenoxy) is 1. The molecule has 0 bridgehead atoms. The first-order chi connectivity index (χ1) is 12.1. The number of carboxylic acid groups (broad SMARTS) is 1. The largest absolute Gasteiger partial charge is 0.481 e. The van der Waals surface area contributed by atoms with Gasteiger partial charge in [0.2, 0.25) is 0 Å². The summed E-state index contributed by atoms with van der Waals surface area (Å²) in [6.45, 7) is 2.48. The molecule has 0 spiro atoms. The van der Waals surface area contributed by atoms with Gasteiger partial charge in [0.1, 0.15) is 0 Å². The quantitative estimate of drug-likeness (QED) is 0.244. The number of thioether (sulfide) groups is 1. The third-order valence-electron chi connectivity index (χ3n) is 3.81. The second kappa shape index (κ2) is 12.1. The Morgan fingerprint density at radius 1 is 1.27 bits per heavy atom. The van der Waals surface area contributed by atoms with E-state index in [9.17, 15) is 14.7 Å². The molecule has 0 amide bonds. The number of esters is 1. The van der Waals surface area contributed by atoms with Gasteiger partial charge in [-0.2, -0.15) is 0 Å². The minimum atomic E-state index is -0.994. The maximum absolute atomic E-state index is 11.8. The average molecular weight is 430 g/mol. The topological polar surface area (TPSA) is 92.3 Å². The minimum absolute atomic E-state index is 0. The van der Waals surface area contributed by atoms with Crippen molar-refractivity contribution in [1.29, 1.82) is 0 Å². The zero-order chi connectivity index (χ0) is 18.1. The van der Waals surface area contributed by atoms with Crippen LogP contribution in [-0.2, 0) is 33.8 Å². The van der Waals surface area contributed by atoms with Crippen LogP contribution in [0.3, 0.4) is 0 Å². The molecule has 26 heavy (non-hydrogen) atoms. The molecule has 138 valence electrons. The Morgan fingerprint density at radius 3 is 2.73 bits per heavy atom. The molecular formula is C18H24N2O4SZn. The van der Waals surface area contributed by atoms with Crippen LogP contribution in [0.4, 0.5) is 0 Å². The van der Waals surface area contributed by atoms with Gasteiger partial charge in [-0.15, -0.1) is 0 Å². The molecule has 2 N–H and O–H groups in total. The predicted molar refractivity (Wildman–Crippen MR) is 97.7 cm³/mol. The summed E-state index contributed by atoms with van der Waals surface area (Å²) in [5, 5.41) is 9.98. The van der Waals surface area contributed by atoms with Gasteiger partial charge in [-0.25, -0.2) is 4.98 Å². The van der Waals surface area contributed by atoms with Gasteiger partial charge in [0, 0.05) is 25.2 Å². The van der Waals surface area contributed by atoms with Crippen LogP contribution in [0.2, 0.25) is 0 Å². The van der Waals surface area contributed by atoms with E-state index >= 15 is 0 Å². The smallest absolute Gasteiger partial charge is 0.307 e. The number of aromatic amines is 1. The van der Waals surface area contributed by atoms with E-state index in [0.717, 1.165) is 36.7 Å². The normalized spacial score (nSPS) is 11.7. The number of carboxylic acids is 1. The van der Waals surface area contributed by atoms with Gasteiger partial charge in [0.05, 0.1) is 30.0 Å². The van der Waals surface area contributed by atoms with Crippen LogP contribution in [0.5, 0.6) is 0 Å². The summed E-state index contributed by atoms with van der Waals surface area (Å²) < 4.78 is 5.13. The van der Waals surface area contributed by atoms with Crippen molar-refractivity contribution in [3.63, 3.8) is 0 Å². The number of imidazole rings is 1. The molecule has 0 aliphatic rings. The van der Waals surface area contributed by atoms with Crippen LogP contribution >= 0.6 is 11.8 Å². The molecule has 0 saturated carbocycles. The van der Waals surface area contributed by atoms with Gasteiger partial charge in [0.25, 0.3) is 0 Å². The molecule has 0 aliphatic heterocycles. The summed E-state index contributed by atoms with van der Waals surface area (Å²) in [5.74, 6) is -1.97. The standard InChI is InChI=1S/C18H24N2O4S.Zn/c1-2-3-4-7-10-24-16(21)11-13(17(22)23)12-25-18-19-14-8-5-6-9-15(14)20-18;/h5-6,8-9,13H,2-4,7,10-12H2,1H3,(H,19,20)(H,22,23);. The molecule has 0 radical (unpaired) electrons. The minimum Gasteiger partial charge on any atom is -0.481 e. The molecular weight excluding hydrogens is 406 g/mol. The molecule has 8 heteroatoms. The van der Waals surface area contributed by atoms with Crippen LogP contribution in [0.25, 0.3) is 11.0 Å². The monoisotopic (exact) mass is 428 g/mol. The third-order valence-corrected chi connectivity index (χ3v) is 4.85. The van der Waals surface area contributed by atoms with Gasteiger partial charge in [-0.3, -0.25) is 9.59 Å². The maximum atomic E-state index is 11.8. The number of H-pyrrole nitrogens is 1. The number of hydrogen-bond acceptors (Lipinski definition) is 5. The number of fused-ring (bicyclic) bond motifs is 1. The number of aliphatic carboxylic acids is 1. The third kappa shape index (κ3) is 7.46. The molecule has 1 heterocycles. The number of para-hydroxylation sites is 2. The molecule has 1 aromatic heterocycles. The van der Waals surface area contributed by atoms with Crippen molar-refractivity contribution < 1.29 is 38.9 Å². The van der Waals surface area contributed by atoms with Crippen molar-refractivity contribution in [2.45, 2.75) is 44.2 Å².